The number of piperidine rings is 1. The summed E-state index contributed by atoms with van der Waals surface area (Å²) in [4.78, 5) is 63.5. The van der Waals surface area contributed by atoms with Crippen LogP contribution in [0.25, 0.3) is 31.8 Å². The van der Waals surface area contributed by atoms with Crippen molar-refractivity contribution in [1.82, 2.24) is 30.2 Å². The Bertz CT molecular complexity index is 2500. The zero-order valence-electron chi connectivity index (χ0n) is 31.2. The first-order valence-corrected chi connectivity index (χ1v) is 21.2. The van der Waals surface area contributed by atoms with Gasteiger partial charge in [-0.2, -0.15) is 0 Å². The van der Waals surface area contributed by atoms with Crippen LogP contribution >= 0.6 is 34.0 Å². The van der Waals surface area contributed by atoms with E-state index in [1.165, 1.54) is 22.7 Å². The first-order valence-electron chi connectivity index (χ1n) is 18.6. The molecule has 58 heavy (non-hydrogen) atoms. The van der Waals surface area contributed by atoms with Crippen molar-refractivity contribution in [2.24, 2.45) is 11.5 Å². The molecular weight excluding hydrogens is 793 g/mol. The number of amides is 3. The highest BCUT2D eigenvalue weighted by atomic mass is 32.1. The van der Waals surface area contributed by atoms with Crippen molar-refractivity contribution in [3.8, 4) is 20.7 Å². The number of hydrogen-bond donors (Lipinski definition) is 6. The number of fused-ring (bicyclic) bond motifs is 1. The van der Waals surface area contributed by atoms with Crippen molar-refractivity contribution < 1.29 is 14.4 Å². The summed E-state index contributed by atoms with van der Waals surface area (Å²) in [6, 6.07) is 21.3. The van der Waals surface area contributed by atoms with Crippen LogP contribution in [0.1, 0.15) is 33.8 Å². The second-order valence-electron chi connectivity index (χ2n) is 13.7. The Kier molecular flexibility index (Phi) is 11.5. The Balaban J connectivity index is 0.000000162. The first-order chi connectivity index (χ1) is 28.2. The molecule has 0 radical (unpaired) electrons. The number of piperazine rings is 1. The minimum absolute atomic E-state index is 0.251. The number of carbonyl (C=O) groups excluding carboxylic acids is 3. The number of H-pyrrole nitrogens is 1. The van der Waals surface area contributed by atoms with Crippen LogP contribution in [0.5, 0.6) is 0 Å². The number of anilines is 4. The molecule has 0 bridgehead atoms. The molecule has 2 aliphatic heterocycles. The summed E-state index contributed by atoms with van der Waals surface area (Å²) in [5.74, 6) is -0.311. The van der Waals surface area contributed by atoms with Gasteiger partial charge in [-0.25, -0.2) is 15.0 Å². The molecule has 2 saturated heterocycles. The van der Waals surface area contributed by atoms with Gasteiger partial charge in [-0.05, 0) is 54.6 Å². The highest BCUT2D eigenvalue weighted by molar-refractivity contribution is 7.20. The quantitative estimate of drug-likeness (QED) is 0.105. The lowest BCUT2D eigenvalue weighted by Gasteiger charge is -2.38. The lowest BCUT2D eigenvalue weighted by Crippen LogP contribution is -2.58. The van der Waals surface area contributed by atoms with Crippen LogP contribution in [-0.2, 0) is 4.79 Å². The summed E-state index contributed by atoms with van der Waals surface area (Å²) in [5.41, 5.74) is 16.4. The topological polar surface area (TPSA) is 213 Å². The molecule has 5 aromatic heterocycles. The van der Waals surface area contributed by atoms with E-state index in [9.17, 15) is 14.4 Å². The highest BCUT2D eigenvalue weighted by Gasteiger charge is 2.36. The van der Waals surface area contributed by atoms with Gasteiger partial charge >= 0.3 is 0 Å². The van der Waals surface area contributed by atoms with Gasteiger partial charge in [0.1, 0.15) is 16.4 Å². The van der Waals surface area contributed by atoms with Gasteiger partial charge in [-0.15, -0.1) is 34.0 Å². The molecule has 296 valence electrons. The minimum Gasteiger partial charge on any atom is -0.370 e. The molecule has 2 aromatic carbocycles. The lowest BCUT2D eigenvalue weighted by atomic mass is 9.87. The number of primary amides is 1. The zero-order valence-corrected chi connectivity index (χ0v) is 33.6. The molecule has 9 rings (SSSR count). The van der Waals surface area contributed by atoms with E-state index in [1.54, 1.807) is 34.5 Å². The Morgan fingerprint density at radius 1 is 0.724 bits per heavy atom. The molecule has 0 saturated carbocycles. The van der Waals surface area contributed by atoms with Crippen LogP contribution in [0.3, 0.4) is 0 Å². The molecule has 0 spiro atoms. The molecular formula is C40H40N12O3S3. The number of thiazole rings is 2. The molecule has 7 heterocycles. The van der Waals surface area contributed by atoms with Gasteiger partial charge in [0.25, 0.3) is 11.8 Å². The van der Waals surface area contributed by atoms with Crippen LogP contribution in [0.4, 0.5) is 22.7 Å². The van der Waals surface area contributed by atoms with Gasteiger partial charge in [0, 0.05) is 56.2 Å². The molecule has 15 nitrogen and oxygen atoms in total. The van der Waals surface area contributed by atoms with E-state index in [-0.39, 0.29) is 11.8 Å². The van der Waals surface area contributed by atoms with E-state index in [0.717, 1.165) is 58.5 Å². The molecule has 8 N–H and O–H groups in total. The molecule has 0 unspecified atom stereocenters. The zero-order chi connectivity index (χ0) is 40.1. The molecule has 7 aromatic rings. The van der Waals surface area contributed by atoms with E-state index in [0.29, 0.717) is 59.5 Å². The number of thiophene rings is 1. The number of hydrogen-bond acceptors (Lipinski definition) is 14. The smallest absolute Gasteiger partial charge is 0.275 e. The van der Waals surface area contributed by atoms with E-state index in [1.807, 2.05) is 72.1 Å². The van der Waals surface area contributed by atoms with Crippen molar-refractivity contribution in [3.63, 3.8) is 0 Å². The van der Waals surface area contributed by atoms with Gasteiger partial charge in [-0.1, -0.05) is 30.3 Å². The lowest BCUT2D eigenvalue weighted by molar-refractivity contribution is -0.123. The molecule has 0 atom stereocenters. The number of nitrogens with zero attached hydrogens (tertiary/aromatic N) is 6. The Labute approximate surface area is 345 Å². The number of carbonyl (C=O) groups is 3. The van der Waals surface area contributed by atoms with E-state index in [2.05, 4.69) is 50.7 Å². The molecule has 18 heteroatoms. The SMILES string of the molecule is NC(=O)C1(N)CCN(c2ccccc2NC(=O)c2csc(-c3cccs3)n2)CC1.O=C(Nc1cnccc1N1CCNCC1)c1csc(-c2nc3ccccc3[nH]2)n1. The second-order valence-corrected chi connectivity index (χ2v) is 16.4. The number of rotatable bonds is 9. The number of nitrogens with one attached hydrogen (secondary N) is 4. The van der Waals surface area contributed by atoms with Gasteiger partial charge < -0.3 is 42.2 Å². The summed E-state index contributed by atoms with van der Waals surface area (Å²) >= 11 is 4.43. The Morgan fingerprint density at radius 3 is 2.10 bits per heavy atom. The number of nitrogens with two attached hydrogens (primary N) is 2. The van der Waals surface area contributed by atoms with E-state index < -0.39 is 11.4 Å². The third kappa shape index (κ3) is 8.60. The number of imidazole rings is 1. The number of aromatic amines is 1. The monoisotopic (exact) mass is 832 g/mol. The summed E-state index contributed by atoms with van der Waals surface area (Å²) < 4.78 is 0. The summed E-state index contributed by atoms with van der Waals surface area (Å²) in [6.45, 7) is 4.79. The van der Waals surface area contributed by atoms with Crippen LogP contribution in [0.15, 0.2) is 95.3 Å². The maximum atomic E-state index is 12.8. The fraction of sp³-hybridized carbons (Fsp3) is 0.225. The van der Waals surface area contributed by atoms with Crippen molar-refractivity contribution in [2.45, 2.75) is 18.4 Å². The third-order valence-corrected chi connectivity index (χ3v) is 12.7. The fourth-order valence-corrected chi connectivity index (χ4v) is 9.07. The van der Waals surface area contributed by atoms with E-state index >= 15 is 0 Å². The average molecular weight is 833 g/mol. The van der Waals surface area contributed by atoms with Crippen LogP contribution in [0.2, 0.25) is 0 Å². The molecule has 2 fully saturated rings. The van der Waals surface area contributed by atoms with Gasteiger partial charge in [0.05, 0.1) is 50.4 Å². The van der Waals surface area contributed by atoms with Gasteiger partial charge in [0.2, 0.25) is 5.91 Å². The average Bonchev–Trinajstić information content (AvgIpc) is 4.09. The van der Waals surface area contributed by atoms with Crippen molar-refractivity contribution in [2.75, 3.05) is 59.7 Å². The maximum absolute atomic E-state index is 12.8. The molecule has 3 amide bonds. The first kappa shape index (κ1) is 38.8. The normalized spacial score (nSPS) is 15.1. The maximum Gasteiger partial charge on any atom is 0.275 e. The number of pyridine rings is 1. The van der Waals surface area contributed by atoms with Crippen LogP contribution in [0, 0.1) is 0 Å². The summed E-state index contributed by atoms with van der Waals surface area (Å²) in [7, 11) is 0. The fourth-order valence-electron chi connectivity index (χ4n) is 6.72. The Morgan fingerprint density at radius 2 is 1.38 bits per heavy atom. The Hall–Kier alpha value is -6.05. The minimum atomic E-state index is -0.965. The number of aromatic nitrogens is 5. The predicted octanol–water partition coefficient (Wildman–Crippen LogP) is 5.65. The van der Waals surface area contributed by atoms with E-state index in [4.69, 9.17) is 11.5 Å². The molecule has 0 aliphatic carbocycles. The van der Waals surface area contributed by atoms with Crippen molar-refractivity contribution in [3.05, 3.63) is 107 Å². The van der Waals surface area contributed by atoms with Gasteiger partial charge in [0.15, 0.2) is 10.8 Å². The van der Waals surface area contributed by atoms with Crippen molar-refractivity contribution in [1.29, 1.82) is 0 Å². The number of benzene rings is 2. The predicted molar refractivity (Wildman–Crippen MR) is 232 cm³/mol. The summed E-state index contributed by atoms with van der Waals surface area (Å²) in [6.07, 6.45) is 4.37. The van der Waals surface area contributed by atoms with Crippen molar-refractivity contribution >= 4 is 85.5 Å². The molecule has 2 aliphatic rings. The van der Waals surface area contributed by atoms with Gasteiger partial charge in [-0.3, -0.25) is 19.4 Å². The highest BCUT2D eigenvalue weighted by Crippen LogP contribution is 2.33. The standard InChI is InChI=1S/C20H19N7OS.C20H21N5O2S2/c28-19(25-15-11-22-6-5-17(15)27-9-7-21-8-10-27)16-12-29-20(26-16)18-23-13-3-1-2-4-14(13)24-18;21-19(27)20(22)7-9-25(10-8-20)15-5-2-1-4-13(15)23-17(26)14-12-29-18(24-14)16-6-3-11-28-16/h1-6,11-12,21H,7-10H2,(H,23,24)(H,25,28);1-6,11-12H,7-10,22H2,(H2,21,27)(H,23,26). The summed E-state index contributed by atoms with van der Waals surface area (Å²) in [5, 5.41) is 16.3. The second kappa shape index (κ2) is 17.2. The third-order valence-electron chi connectivity index (χ3n) is 9.94. The van der Waals surface area contributed by atoms with Crippen LogP contribution < -0.4 is 37.2 Å². The largest absolute Gasteiger partial charge is 0.370 e. The number of para-hydroxylation sites is 4. The van der Waals surface area contributed by atoms with Crippen LogP contribution in [-0.4, -0.2) is 87.4 Å².